The van der Waals surface area contributed by atoms with Gasteiger partial charge in [-0.05, 0) is 54.3 Å². The van der Waals surface area contributed by atoms with Crippen LogP contribution < -0.4 is 10.1 Å². The number of anilines is 1. The van der Waals surface area contributed by atoms with Gasteiger partial charge in [-0.15, -0.1) is 0 Å². The fraction of sp³-hybridized carbons (Fsp3) is 0.296. The maximum absolute atomic E-state index is 13.5. The third kappa shape index (κ3) is 3.24. The van der Waals surface area contributed by atoms with E-state index >= 15 is 0 Å². The van der Waals surface area contributed by atoms with Crippen LogP contribution in [0.1, 0.15) is 35.4 Å². The van der Waals surface area contributed by atoms with Crippen LogP contribution >= 0.6 is 0 Å². The van der Waals surface area contributed by atoms with E-state index in [1.165, 1.54) is 12.1 Å². The lowest BCUT2D eigenvalue weighted by Crippen LogP contribution is -2.55. The Labute approximate surface area is 201 Å². The van der Waals surface area contributed by atoms with E-state index in [4.69, 9.17) is 4.74 Å². The van der Waals surface area contributed by atoms with Gasteiger partial charge >= 0.3 is 0 Å². The minimum atomic E-state index is -1.32. The molecule has 3 aliphatic rings. The molecular formula is C27H24FN3O4. The number of nitrogens with zero attached hydrogens (tertiary/aromatic N) is 2. The second-order valence-corrected chi connectivity index (χ2v) is 9.41. The Bertz CT molecular complexity index is 1300. The number of ether oxygens (including phenoxy) is 1. The molecule has 3 aromatic rings. The number of nitro groups is 1. The maximum atomic E-state index is 13.5. The SMILES string of the molecule is O=C1Nc2ccccc2[C@]12[C@H]([N+](=O)[O-])[C@@H](c1ccc(OCc3ccc(F)cc3)cc1)[C@H]1CCCN12. The lowest BCUT2D eigenvalue weighted by atomic mass is 9.77. The second-order valence-electron chi connectivity index (χ2n) is 9.41. The summed E-state index contributed by atoms with van der Waals surface area (Å²) < 4.78 is 19.0. The summed E-state index contributed by atoms with van der Waals surface area (Å²) in [4.78, 5) is 27.9. The number of hydrogen-bond donors (Lipinski definition) is 1. The number of benzene rings is 3. The van der Waals surface area contributed by atoms with Gasteiger partial charge in [0.1, 0.15) is 18.2 Å². The van der Waals surface area contributed by atoms with E-state index < -0.39 is 17.5 Å². The van der Waals surface area contributed by atoms with Crippen LogP contribution in [0.5, 0.6) is 5.75 Å². The van der Waals surface area contributed by atoms with Gasteiger partial charge in [0.05, 0.1) is 5.92 Å². The fourth-order valence-electron chi connectivity index (χ4n) is 6.31. The van der Waals surface area contributed by atoms with Gasteiger partial charge in [-0.2, -0.15) is 0 Å². The van der Waals surface area contributed by atoms with Gasteiger partial charge < -0.3 is 10.1 Å². The third-order valence-corrected chi connectivity index (χ3v) is 7.68. The number of halogens is 1. The van der Waals surface area contributed by atoms with Crippen molar-refractivity contribution >= 4 is 11.6 Å². The van der Waals surface area contributed by atoms with E-state index in [1.807, 2.05) is 48.5 Å². The van der Waals surface area contributed by atoms with Crippen molar-refractivity contribution in [3.05, 3.63) is 105 Å². The van der Waals surface area contributed by atoms with Crippen molar-refractivity contribution in [1.29, 1.82) is 0 Å². The number of fused-ring (bicyclic) bond motifs is 4. The van der Waals surface area contributed by atoms with E-state index in [2.05, 4.69) is 10.2 Å². The van der Waals surface area contributed by atoms with Gasteiger partial charge in [0, 0.05) is 28.8 Å². The molecular weight excluding hydrogens is 449 g/mol. The second kappa shape index (κ2) is 8.16. The molecule has 0 saturated carbocycles. The van der Waals surface area contributed by atoms with Gasteiger partial charge in [0.2, 0.25) is 0 Å². The zero-order valence-electron chi connectivity index (χ0n) is 18.9. The first-order valence-corrected chi connectivity index (χ1v) is 11.8. The number of amides is 1. The average molecular weight is 474 g/mol. The molecule has 3 aromatic carbocycles. The van der Waals surface area contributed by atoms with Crippen LogP contribution in [-0.4, -0.2) is 34.4 Å². The Hall–Kier alpha value is -3.78. The molecule has 1 spiro atoms. The summed E-state index contributed by atoms with van der Waals surface area (Å²) in [5, 5.41) is 15.5. The van der Waals surface area contributed by atoms with Gasteiger partial charge in [-0.25, -0.2) is 4.39 Å². The highest BCUT2D eigenvalue weighted by molar-refractivity contribution is 6.07. The zero-order chi connectivity index (χ0) is 24.2. The molecule has 35 heavy (non-hydrogen) atoms. The number of carbonyl (C=O) groups is 1. The summed E-state index contributed by atoms with van der Waals surface area (Å²) in [5.41, 5.74) is 1.70. The summed E-state index contributed by atoms with van der Waals surface area (Å²) in [6.07, 6.45) is 1.69. The molecule has 0 unspecified atom stereocenters. The molecule has 2 fully saturated rings. The van der Waals surface area contributed by atoms with Crippen molar-refractivity contribution in [2.45, 2.75) is 43.0 Å². The number of hydrogen-bond acceptors (Lipinski definition) is 5. The molecule has 1 N–H and O–H groups in total. The van der Waals surface area contributed by atoms with E-state index in [9.17, 15) is 19.3 Å². The molecule has 2 saturated heterocycles. The van der Waals surface area contributed by atoms with E-state index in [1.54, 1.807) is 12.1 Å². The number of rotatable bonds is 5. The van der Waals surface area contributed by atoms with Crippen molar-refractivity contribution < 1.29 is 18.8 Å². The molecule has 3 heterocycles. The van der Waals surface area contributed by atoms with Crippen LogP contribution in [0.25, 0.3) is 0 Å². The zero-order valence-corrected chi connectivity index (χ0v) is 18.9. The van der Waals surface area contributed by atoms with Crippen LogP contribution in [0.3, 0.4) is 0 Å². The van der Waals surface area contributed by atoms with Crippen molar-refractivity contribution in [2.24, 2.45) is 0 Å². The molecule has 178 valence electrons. The summed E-state index contributed by atoms with van der Waals surface area (Å²) in [5.74, 6) is -0.424. The van der Waals surface area contributed by atoms with Crippen LogP contribution in [0.15, 0.2) is 72.8 Å². The quantitative estimate of drug-likeness (QED) is 0.437. The molecule has 3 aliphatic heterocycles. The number of nitrogens with one attached hydrogen (secondary N) is 1. The van der Waals surface area contributed by atoms with Crippen LogP contribution in [0, 0.1) is 15.9 Å². The monoisotopic (exact) mass is 473 g/mol. The molecule has 0 aromatic heterocycles. The first-order chi connectivity index (χ1) is 17.0. The first kappa shape index (κ1) is 21.7. The van der Waals surface area contributed by atoms with Crippen molar-refractivity contribution in [2.75, 3.05) is 11.9 Å². The van der Waals surface area contributed by atoms with Crippen molar-refractivity contribution in [3.8, 4) is 5.75 Å². The minimum Gasteiger partial charge on any atom is -0.489 e. The van der Waals surface area contributed by atoms with Crippen LogP contribution in [0.2, 0.25) is 0 Å². The molecule has 7 nitrogen and oxygen atoms in total. The summed E-state index contributed by atoms with van der Waals surface area (Å²) >= 11 is 0. The van der Waals surface area contributed by atoms with Gasteiger partial charge in [-0.1, -0.05) is 42.5 Å². The highest BCUT2D eigenvalue weighted by atomic mass is 19.1. The highest BCUT2D eigenvalue weighted by Gasteiger charge is 2.73. The molecule has 0 radical (unpaired) electrons. The Morgan fingerprint density at radius 1 is 1.09 bits per heavy atom. The Kier molecular flexibility index (Phi) is 5.07. The van der Waals surface area contributed by atoms with Gasteiger partial charge in [0.25, 0.3) is 11.9 Å². The summed E-state index contributed by atoms with van der Waals surface area (Å²) in [7, 11) is 0. The summed E-state index contributed by atoms with van der Waals surface area (Å²) in [6.45, 7) is 0.934. The highest BCUT2D eigenvalue weighted by Crippen LogP contribution is 2.58. The lowest BCUT2D eigenvalue weighted by molar-refractivity contribution is -0.534. The lowest BCUT2D eigenvalue weighted by Gasteiger charge is -2.32. The van der Waals surface area contributed by atoms with E-state index in [-0.39, 0.29) is 29.3 Å². The molecule has 0 aliphatic carbocycles. The topological polar surface area (TPSA) is 84.7 Å². The van der Waals surface area contributed by atoms with Crippen molar-refractivity contribution in [3.63, 3.8) is 0 Å². The van der Waals surface area contributed by atoms with E-state index in [0.29, 0.717) is 23.5 Å². The summed E-state index contributed by atoms with van der Waals surface area (Å²) in [6, 6.07) is 19.6. The Morgan fingerprint density at radius 2 is 1.83 bits per heavy atom. The molecule has 0 bridgehead atoms. The molecule has 6 rings (SSSR count). The van der Waals surface area contributed by atoms with Crippen LogP contribution in [0.4, 0.5) is 10.1 Å². The standard InChI is InChI=1S/C27H24FN3O4/c28-19-11-7-17(8-12-19)16-35-20-13-9-18(10-14-20)24-23-6-3-15-30(23)27(25(24)31(33)34)21-4-1-2-5-22(21)29-26(27)32/h1-2,4-5,7-14,23-25H,3,6,15-16H2,(H,29,32)/t23-,24+,25-,27+/m1/s1. The average Bonchev–Trinajstić information content (AvgIpc) is 3.52. The largest absolute Gasteiger partial charge is 0.489 e. The van der Waals surface area contributed by atoms with Crippen molar-refractivity contribution in [1.82, 2.24) is 4.90 Å². The first-order valence-electron chi connectivity index (χ1n) is 11.8. The molecule has 4 atom stereocenters. The normalized spacial score (nSPS) is 27.0. The molecule has 1 amide bonds. The molecule has 8 heteroatoms. The third-order valence-electron chi connectivity index (χ3n) is 7.68. The Morgan fingerprint density at radius 3 is 2.57 bits per heavy atom. The number of carbonyl (C=O) groups excluding carboxylic acids is 1. The van der Waals surface area contributed by atoms with Gasteiger partial charge in [-0.3, -0.25) is 19.8 Å². The van der Waals surface area contributed by atoms with Crippen LogP contribution in [-0.2, 0) is 16.9 Å². The predicted molar refractivity (Wildman–Crippen MR) is 127 cm³/mol. The minimum absolute atomic E-state index is 0.103. The fourth-order valence-corrected chi connectivity index (χ4v) is 6.31. The smallest absolute Gasteiger partial charge is 0.256 e. The maximum Gasteiger partial charge on any atom is 0.256 e. The predicted octanol–water partition coefficient (Wildman–Crippen LogP) is 4.46. The Balaban J connectivity index is 1.34. The van der Waals surface area contributed by atoms with Gasteiger partial charge in [0.15, 0.2) is 5.54 Å². The number of para-hydroxylation sites is 1. The van der Waals surface area contributed by atoms with E-state index in [0.717, 1.165) is 24.0 Å².